The number of ether oxygens (including phenoxy) is 4. The van der Waals surface area contributed by atoms with E-state index in [1.807, 2.05) is 54.3 Å². The molecule has 2 heterocycles. The lowest BCUT2D eigenvalue weighted by atomic mass is 10.0. The Labute approximate surface area is 328 Å². The fraction of sp³-hybridized carbons (Fsp3) is 0.359. The molecule has 0 radical (unpaired) electrons. The van der Waals surface area contributed by atoms with E-state index in [2.05, 4.69) is 34.1 Å². The first-order valence-electron chi connectivity index (χ1n) is 17.4. The minimum absolute atomic E-state index is 0.0284. The van der Waals surface area contributed by atoms with Gasteiger partial charge in [-0.2, -0.15) is 0 Å². The van der Waals surface area contributed by atoms with Gasteiger partial charge in [-0.25, -0.2) is 19.2 Å². The molecule has 0 aromatic heterocycles. The standard InChI is InChI=1S/C31H39N3O5S.2C4H4O4/c1-5-39-31(37-4)15-14-24(22-29(31)36-3)33-18-16-32(17-19-33)20-21-38-27-12-8-6-10-25(27)30-34(23(2)35)26-11-7-9-13-28(26)40-30;2*5-3(6)1-2-4(7)8/h6-15,22,29-30H,5,16-21H2,1-4H3;2*1-2H,(H,5,6)(H,7,8)/b;2*2-1-. The van der Waals surface area contributed by atoms with Crippen molar-refractivity contribution in [3.63, 3.8) is 0 Å². The zero-order valence-corrected chi connectivity index (χ0v) is 32.3. The molecule has 4 N–H and O–H groups in total. The normalized spacial score (nSPS) is 20.3. The largest absolute Gasteiger partial charge is 0.492 e. The Morgan fingerprint density at radius 2 is 1.41 bits per heavy atom. The van der Waals surface area contributed by atoms with Crippen LogP contribution in [0.4, 0.5) is 5.69 Å². The molecule has 2 aromatic carbocycles. The van der Waals surface area contributed by atoms with Crippen molar-refractivity contribution in [1.29, 1.82) is 0 Å². The van der Waals surface area contributed by atoms with Gasteiger partial charge in [-0.15, -0.1) is 0 Å². The van der Waals surface area contributed by atoms with Crippen molar-refractivity contribution >= 4 is 47.2 Å². The molecule has 302 valence electrons. The number of carbonyl (C=O) groups is 5. The van der Waals surface area contributed by atoms with Crippen molar-refractivity contribution in [1.82, 2.24) is 9.80 Å². The van der Waals surface area contributed by atoms with Gasteiger partial charge in [0.25, 0.3) is 0 Å². The van der Waals surface area contributed by atoms with Crippen LogP contribution in [0.15, 0.2) is 102 Å². The summed E-state index contributed by atoms with van der Waals surface area (Å²) in [7, 11) is 3.33. The average molecular weight is 798 g/mol. The number of hydrogen-bond acceptors (Lipinski definition) is 12. The Bertz CT molecular complexity index is 1740. The van der Waals surface area contributed by atoms with Gasteiger partial charge in [0.15, 0.2) is 0 Å². The molecule has 16 nitrogen and oxygen atoms in total. The molecule has 3 unspecified atom stereocenters. The number of anilines is 1. The van der Waals surface area contributed by atoms with E-state index in [1.54, 1.807) is 32.9 Å². The summed E-state index contributed by atoms with van der Waals surface area (Å²) in [5.74, 6) is -5.05. The van der Waals surface area contributed by atoms with E-state index in [0.717, 1.165) is 60.3 Å². The van der Waals surface area contributed by atoms with Gasteiger partial charge in [0.05, 0.1) is 5.69 Å². The molecule has 56 heavy (non-hydrogen) atoms. The van der Waals surface area contributed by atoms with Crippen LogP contribution in [0, 0.1) is 0 Å². The predicted molar refractivity (Wildman–Crippen MR) is 206 cm³/mol. The number of rotatable bonds is 14. The summed E-state index contributed by atoms with van der Waals surface area (Å²) < 4.78 is 23.6. The Kier molecular flexibility index (Phi) is 17.8. The minimum atomic E-state index is -1.26. The van der Waals surface area contributed by atoms with E-state index in [4.69, 9.17) is 39.4 Å². The number of fused-ring (bicyclic) bond motifs is 1. The Balaban J connectivity index is 0.000000441. The van der Waals surface area contributed by atoms with Gasteiger partial charge in [-0.1, -0.05) is 42.1 Å². The topological polar surface area (TPSA) is 213 Å². The van der Waals surface area contributed by atoms with Gasteiger partial charge in [0.2, 0.25) is 11.7 Å². The van der Waals surface area contributed by atoms with E-state index in [9.17, 15) is 24.0 Å². The number of carbonyl (C=O) groups excluding carboxylic acids is 1. The molecular weight excluding hydrogens is 751 g/mol. The number of nitrogens with zero attached hydrogens (tertiary/aromatic N) is 3. The molecule has 1 fully saturated rings. The van der Waals surface area contributed by atoms with Gasteiger partial charge in [0, 0.05) is 101 Å². The minimum Gasteiger partial charge on any atom is -0.492 e. The molecule has 3 aliphatic rings. The lowest BCUT2D eigenvalue weighted by Crippen LogP contribution is -2.50. The number of para-hydroxylation sites is 2. The Hall–Kier alpha value is -5.46. The highest BCUT2D eigenvalue weighted by Gasteiger charge is 2.40. The fourth-order valence-electron chi connectivity index (χ4n) is 5.87. The number of benzene rings is 2. The van der Waals surface area contributed by atoms with Gasteiger partial charge in [0.1, 0.15) is 23.8 Å². The number of allylic oxidation sites excluding steroid dienone is 1. The van der Waals surface area contributed by atoms with Gasteiger partial charge in [-0.05, 0) is 43.4 Å². The van der Waals surface area contributed by atoms with Crippen molar-refractivity contribution < 1.29 is 63.3 Å². The monoisotopic (exact) mass is 797 g/mol. The number of carboxylic acids is 4. The first-order chi connectivity index (χ1) is 26.7. The fourth-order valence-corrected chi connectivity index (χ4v) is 7.25. The van der Waals surface area contributed by atoms with Crippen LogP contribution in [0.2, 0.25) is 0 Å². The lowest BCUT2D eigenvalue weighted by Gasteiger charge is -2.41. The summed E-state index contributed by atoms with van der Waals surface area (Å²) in [5.41, 5.74) is 3.11. The summed E-state index contributed by atoms with van der Waals surface area (Å²) in [4.78, 5) is 58.6. The quantitative estimate of drug-likeness (QED) is 0.156. The number of carboxylic acid groups (broad SMARTS) is 4. The molecule has 5 rings (SSSR count). The first kappa shape index (κ1) is 44.9. The number of thioether (sulfide) groups is 1. The summed E-state index contributed by atoms with van der Waals surface area (Å²) in [6, 6.07) is 16.1. The van der Waals surface area contributed by atoms with E-state index < -0.39 is 29.7 Å². The molecule has 2 aromatic rings. The van der Waals surface area contributed by atoms with Crippen LogP contribution in [-0.4, -0.2) is 132 Å². The molecule has 1 amide bonds. The lowest BCUT2D eigenvalue weighted by molar-refractivity contribution is -0.233. The third-order valence-electron chi connectivity index (χ3n) is 8.41. The van der Waals surface area contributed by atoms with Crippen LogP contribution in [0.5, 0.6) is 5.75 Å². The number of hydrogen-bond donors (Lipinski definition) is 4. The molecular formula is C39H47N3O13S. The van der Waals surface area contributed by atoms with Crippen LogP contribution < -0.4 is 9.64 Å². The molecule has 0 bridgehead atoms. The zero-order chi connectivity index (χ0) is 41.3. The third-order valence-corrected chi connectivity index (χ3v) is 9.70. The molecule has 0 saturated carbocycles. The molecule has 3 atom stereocenters. The zero-order valence-electron chi connectivity index (χ0n) is 31.5. The first-order valence-corrected chi connectivity index (χ1v) is 18.3. The number of amides is 1. The highest BCUT2D eigenvalue weighted by atomic mass is 32.2. The molecule has 1 aliphatic carbocycles. The summed E-state index contributed by atoms with van der Waals surface area (Å²) in [5, 5.41) is 31.1. The molecule has 1 saturated heterocycles. The summed E-state index contributed by atoms with van der Waals surface area (Å²) >= 11 is 1.69. The number of methoxy groups -OCH3 is 2. The van der Waals surface area contributed by atoms with E-state index in [1.165, 1.54) is 0 Å². The van der Waals surface area contributed by atoms with Gasteiger partial charge < -0.3 is 44.3 Å². The molecule has 0 spiro atoms. The summed E-state index contributed by atoms with van der Waals surface area (Å²) in [6.45, 7) is 9.26. The Morgan fingerprint density at radius 3 is 1.95 bits per heavy atom. The number of aliphatic carboxylic acids is 4. The highest BCUT2D eigenvalue weighted by molar-refractivity contribution is 8.00. The highest BCUT2D eigenvalue weighted by Crippen LogP contribution is 2.52. The third kappa shape index (κ3) is 13.1. The van der Waals surface area contributed by atoms with E-state index >= 15 is 0 Å². The van der Waals surface area contributed by atoms with Crippen LogP contribution in [0.1, 0.15) is 24.8 Å². The van der Waals surface area contributed by atoms with Gasteiger partial charge >= 0.3 is 23.9 Å². The van der Waals surface area contributed by atoms with Crippen molar-refractivity contribution in [2.45, 2.75) is 36.0 Å². The molecule has 2 aliphatic heterocycles. The van der Waals surface area contributed by atoms with Crippen LogP contribution >= 0.6 is 11.8 Å². The maximum Gasteiger partial charge on any atom is 0.328 e. The predicted octanol–water partition coefficient (Wildman–Crippen LogP) is 4.11. The smallest absolute Gasteiger partial charge is 0.328 e. The van der Waals surface area contributed by atoms with Gasteiger partial charge in [-0.3, -0.25) is 14.6 Å². The van der Waals surface area contributed by atoms with Crippen molar-refractivity contribution in [3.05, 3.63) is 102 Å². The molecule has 17 heteroatoms. The van der Waals surface area contributed by atoms with Crippen molar-refractivity contribution in [2.24, 2.45) is 0 Å². The summed E-state index contributed by atoms with van der Waals surface area (Å²) in [6.07, 6.45) is 8.06. The second-order valence-electron chi connectivity index (χ2n) is 12.0. The second-order valence-corrected chi connectivity index (χ2v) is 13.1. The van der Waals surface area contributed by atoms with Crippen LogP contribution in [0.3, 0.4) is 0 Å². The second kappa shape index (κ2) is 22.2. The van der Waals surface area contributed by atoms with E-state index in [-0.39, 0.29) is 17.4 Å². The maximum atomic E-state index is 12.6. The average Bonchev–Trinajstić information content (AvgIpc) is 3.57. The maximum absolute atomic E-state index is 12.6. The SMILES string of the molecule is CCOC1(OC)C=CC(N2CCN(CCOc3ccccc3C3Sc4ccccc4N3C(C)=O)CC2)=CC1OC.O=C(O)/C=C\C(=O)O.O=C(O)/C=C\C(=O)O. The Morgan fingerprint density at radius 1 is 0.839 bits per heavy atom. The van der Waals surface area contributed by atoms with Crippen molar-refractivity contribution in [2.75, 3.05) is 65.1 Å². The van der Waals surface area contributed by atoms with Crippen LogP contribution in [0.25, 0.3) is 0 Å². The van der Waals surface area contributed by atoms with Crippen molar-refractivity contribution in [3.8, 4) is 5.75 Å². The van der Waals surface area contributed by atoms with Crippen LogP contribution in [-0.2, 0) is 38.2 Å². The number of piperazine rings is 1. The van der Waals surface area contributed by atoms with E-state index in [0.29, 0.717) is 37.5 Å².